The Labute approximate surface area is 501 Å². The van der Waals surface area contributed by atoms with Gasteiger partial charge in [0.05, 0.1) is 57.9 Å². The van der Waals surface area contributed by atoms with Crippen LogP contribution in [-0.2, 0) is 60.8 Å². The van der Waals surface area contributed by atoms with Crippen molar-refractivity contribution in [2.75, 3.05) is 60.4 Å². The Bertz CT molecular complexity index is 2690. The minimum absolute atomic E-state index is 0.00621. The lowest BCUT2D eigenvalue weighted by Crippen LogP contribution is -2.62. The number of halogens is 1. The number of alkyl halides is 1. The first-order valence-corrected chi connectivity index (χ1v) is 31.5. The van der Waals surface area contributed by atoms with E-state index in [0.717, 1.165) is 5.56 Å². The zero-order chi connectivity index (χ0) is 62.9. The Morgan fingerprint density at radius 3 is 2.26 bits per heavy atom. The number of alkyl carbamates (subject to hydrolysis) is 1. The number of benzene rings is 2. The molecular formula is C61H97FN6O16S. The van der Waals surface area contributed by atoms with Crippen LogP contribution in [0.1, 0.15) is 124 Å². The molecule has 3 aromatic rings. The van der Waals surface area contributed by atoms with Gasteiger partial charge in [0.25, 0.3) is 0 Å². The highest BCUT2D eigenvalue weighted by Crippen LogP contribution is 2.45. The fourth-order valence-corrected chi connectivity index (χ4v) is 14.3. The van der Waals surface area contributed by atoms with E-state index in [9.17, 15) is 43.5 Å². The summed E-state index contributed by atoms with van der Waals surface area (Å²) >= 11 is 0. The lowest BCUT2D eigenvalue weighted by atomic mass is 9.68. The van der Waals surface area contributed by atoms with Gasteiger partial charge in [-0.1, -0.05) is 75.4 Å². The number of nitrogens with one attached hydrogen (secondary N) is 1. The molecule has 22 nitrogen and oxygen atoms in total. The minimum Gasteiger partial charge on any atom is -0.459 e. The van der Waals surface area contributed by atoms with Crippen molar-refractivity contribution >= 4 is 21.9 Å². The average Bonchev–Trinajstić information content (AvgIpc) is 1.90. The second-order valence-electron chi connectivity index (χ2n) is 25.0. The molecule has 0 saturated carbocycles. The summed E-state index contributed by atoms with van der Waals surface area (Å²) in [4.78, 5) is 30.8. The van der Waals surface area contributed by atoms with E-state index in [0.29, 0.717) is 37.2 Å². The summed E-state index contributed by atoms with van der Waals surface area (Å²) < 4.78 is 86.1. The average molecular weight is 1220 g/mol. The topological polar surface area (TPSA) is 283 Å². The largest absolute Gasteiger partial charge is 0.459 e. The van der Waals surface area contributed by atoms with E-state index in [1.54, 1.807) is 72.0 Å². The van der Waals surface area contributed by atoms with E-state index in [1.165, 1.54) is 38.0 Å². The first kappa shape index (κ1) is 69.8. The zero-order valence-electron chi connectivity index (χ0n) is 52.1. The smallest absolute Gasteiger partial charge is 0.407 e. The van der Waals surface area contributed by atoms with E-state index in [2.05, 4.69) is 15.6 Å². The minimum atomic E-state index is -3.83. The Balaban J connectivity index is 1.19. The number of sulfone groups is 1. The molecule has 0 aliphatic carbocycles. The molecule has 6 N–H and O–H groups in total. The van der Waals surface area contributed by atoms with Crippen LogP contribution in [0.15, 0.2) is 65.7 Å². The number of aromatic nitrogens is 3. The molecule has 3 fully saturated rings. The number of amides is 1. The lowest BCUT2D eigenvalue weighted by molar-refractivity contribution is -0.302. The number of rotatable bonds is 20. The van der Waals surface area contributed by atoms with Crippen molar-refractivity contribution in [3.05, 3.63) is 77.6 Å². The third kappa shape index (κ3) is 16.9. The van der Waals surface area contributed by atoms with Crippen molar-refractivity contribution in [1.29, 1.82) is 0 Å². The molecule has 1 unspecified atom stereocenters. The maximum atomic E-state index is 15.1. The standard InChI is InChI=1S/C61H97FN6O16S/c1-15-49-61(10,75)53(70)40(6)67(12)33-36(2)30-59(8,74)55(38(4)50(39(5)56(72)83-49)48-31-60(9,79-14)54(71)41(7)82-48)84-57-51(69)46(29-37(3)81-57)66(11)27-25-44-34-68(65-64-44)47(32-62)52(78-13)43-21-23-45(24-22-43)85(76,77)28-26-63-58(73)80-35-42-19-17-16-18-20-42/h16-24,34,36-41,46-55,57,69-71,74-75H,15,25-33,35H2,1-14H3,(H,63,73)/t36-,37-,38+,39-,40-,41+,46+,47-,48-,49-,50?,51-,52-,53-,54+,55-,57+,59-,60-,61-/m1/s1. The van der Waals surface area contributed by atoms with Gasteiger partial charge in [0, 0.05) is 70.9 Å². The maximum Gasteiger partial charge on any atom is 0.407 e. The number of aliphatic hydroxyl groups is 5. The number of aliphatic hydroxyl groups excluding tert-OH is 3. The van der Waals surface area contributed by atoms with E-state index < -0.39 is 142 Å². The van der Waals surface area contributed by atoms with Crippen molar-refractivity contribution < 1.29 is 81.1 Å². The Morgan fingerprint density at radius 2 is 1.64 bits per heavy atom. The fourth-order valence-electron chi connectivity index (χ4n) is 13.1. The Kier molecular flexibility index (Phi) is 24.5. The molecule has 3 aliphatic heterocycles. The van der Waals surface area contributed by atoms with Crippen molar-refractivity contribution in [2.24, 2.45) is 23.7 Å². The number of hydrogen-bond acceptors (Lipinski definition) is 20. The quantitative estimate of drug-likeness (QED) is 0.0814. The molecule has 1 amide bonds. The third-order valence-electron chi connectivity index (χ3n) is 18.3. The predicted octanol–water partition coefficient (Wildman–Crippen LogP) is 4.98. The van der Waals surface area contributed by atoms with Crippen LogP contribution >= 0.6 is 0 Å². The van der Waals surface area contributed by atoms with Gasteiger partial charge in [0.15, 0.2) is 16.1 Å². The second-order valence-corrected chi connectivity index (χ2v) is 27.1. The molecule has 0 spiro atoms. The zero-order valence-corrected chi connectivity index (χ0v) is 52.9. The van der Waals surface area contributed by atoms with Crippen LogP contribution in [-0.4, -0.2) is 215 Å². The molecule has 3 saturated heterocycles. The lowest BCUT2D eigenvalue weighted by Gasteiger charge is -2.51. The van der Waals surface area contributed by atoms with Gasteiger partial charge in [-0.3, -0.25) is 4.79 Å². The second kappa shape index (κ2) is 29.8. The van der Waals surface area contributed by atoms with Crippen LogP contribution in [0.3, 0.4) is 0 Å². The number of nitrogens with zero attached hydrogens (tertiary/aromatic N) is 5. The van der Waals surface area contributed by atoms with Crippen LogP contribution in [0, 0.1) is 23.7 Å². The number of esters is 1. The molecule has 6 rings (SSSR count). The van der Waals surface area contributed by atoms with E-state index in [4.69, 9.17) is 33.2 Å². The molecule has 0 radical (unpaired) electrons. The molecule has 3 aliphatic rings. The monoisotopic (exact) mass is 1220 g/mol. The van der Waals surface area contributed by atoms with Crippen molar-refractivity contribution in [3.8, 4) is 0 Å². The number of carbonyl (C=O) groups excluding carboxylic acids is 2. The first-order chi connectivity index (χ1) is 39.9. The first-order valence-electron chi connectivity index (χ1n) is 29.8. The predicted molar refractivity (Wildman–Crippen MR) is 313 cm³/mol. The summed E-state index contributed by atoms with van der Waals surface area (Å²) in [6.07, 6.45) is -7.89. The van der Waals surface area contributed by atoms with Gasteiger partial charge >= 0.3 is 12.1 Å². The molecule has 4 heterocycles. The summed E-state index contributed by atoms with van der Waals surface area (Å²) in [5.74, 6) is -3.80. The number of methoxy groups -OCH3 is 2. The van der Waals surface area contributed by atoms with Crippen LogP contribution in [0.25, 0.3) is 0 Å². The molecule has 480 valence electrons. The maximum absolute atomic E-state index is 15.1. The Hall–Kier alpha value is -4.28. The van der Waals surface area contributed by atoms with Crippen LogP contribution in [0.2, 0.25) is 0 Å². The summed E-state index contributed by atoms with van der Waals surface area (Å²) in [7, 11) is 2.77. The van der Waals surface area contributed by atoms with Gasteiger partial charge in [0.2, 0.25) is 0 Å². The number of hydrogen-bond donors (Lipinski definition) is 6. The third-order valence-corrected chi connectivity index (χ3v) is 20.0. The molecule has 24 heteroatoms. The molecule has 0 bridgehead atoms. The number of likely N-dealkylation sites (N-methyl/N-ethyl adjacent to an activating group) is 2. The van der Waals surface area contributed by atoms with Gasteiger partial charge in [0.1, 0.15) is 55.4 Å². The van der Waals surface area contributed by atoms with Gasteiger partial charge < -0.3 is 73.8 Å². The van der Waals surface area contributed by atoms with E-state index in [-0.39, 0.29) is 49.0 Å². The van der Waals surface area contributed by atoms with Crippen LogP contribution < -0.4 is 5.32 Å². The fraction of sp³-hybridized carbons (Fsp3) is 0.738. The summed E-state index contributed by atoms with van der Waals surface area (Å²) in [6.45, 7) is 17.3. The van der Waals surface area contributed by atoms with Crippen LogP contribution in [0.4, 0.5) is 9.18 Å². The number of ether oxygens (including phenoxy) is 7. The molecule has 20 atom stereocenters. The van der Waals surface area contributed by atoms with E-state index in [1.807, 2.05) is 62.9 Å². The summed E-state index contributed by atoms with van der Waals surface area (Å²) in [5.41, 5.74) is -2.81. The summed E-state index contributed by atoms with van der Waals surface area (Å²) in [6, 6.07) is 12.9. The van der Waals surface area contributed by atoms with Crippen molar-refractivity contribution in [3.63, 3.8) is 0 Å². The normalized spacial score (nSPS) is 35.7. The number of carbonyl (C=O) groups is 2. The molecule has 85 heavy (non-hydrogen) atoms. The van der Waals surface area contributed by atoms with Gasteiger partial charge in [-0.25, -0.2) is 22.3 Å². The highest BCUT2D eigenvalue weighted by molar-refractivity contribution is 7.91. The van der Waals surface area contributed by atoms with Crippen molar-refractivity contribution in [2.45, 2.75) is 209 Å². The van der Waals surface area contributed by atoms with Gasteiger partial charge in [-0.2, -0.15) is 0 Å². The van der Waals surface area contributed by atoms with E-state index >= 15 is 4.39 Å². The number of cyclic esters (lactones) is 1. The SMILES string of the molecule is CC[C@H]1OC(=O)[C@H](C)C([C@H]2C[C@@](C)(OC)[C@@H](O)[C@H](C)O2)[C@H](C)[C@@H](O[C@@H]2O[C@H](C)C[C@H](N(C)CCc3cn([C@H](CF)[C@H](OC)c4ccc(S(=O)(=O)CCNC(=O)OCc5ccccc5)cc4)nn3)[C@H]2O)[C@](C)(O)C[C@@H](C)CN(C)[C@H](C)[C@@H](O)[C@]1(C)O. The van der Waals surface area contributed by atoms with Crippen molar-refractivity contribution in [1.82, 2.24) is 30.1 Å². The molecular weight excluding hydrogens is 1120 g/mol. The van der Waals surface area contributed by atoms with Gasteiger partial charge in [-0.15, -0.1) is 5.10 Å². The molecule has 2 aromatic carbocycles. The summed E-state index contributed by atoms with van der Waals surface area (Å²) in [5, 5.41) is 71.5. The molecule has 1 aromatic heterocycles. The van der Waals surface area contributed by atoms with Crippen LogP contribution in [0.5, 0.6) is 0 Å². The highest BCUT2D eigenvalue weighted by Gasteiger charge is 2.55. The van der Waals surface area contributed by atoms with Gasteiger partial charge in [-0.05, 0) is 110 Å². The Morgan fingerprint density at radius 1 is 0.965 bits per heavy atom. The highest BCUT2D eigenvalue weighted by atomic mass is 32.2.